The zero-order chi connectivity index (χ0) is 17.5. The second-order valence-electron chi connectivity index (χ2n) is 7.82. The Morgan fingerprint density at radius 2 is 1.92 bits per heavy atom. The van der Waals surface area contributed by atoms with Gasteiger partial charge >= 0.3 is 0 Å². The van der Waals surface area contributed by atoms with Crippen molar-refractivity contribution < 1.29 is 4.74 Å². The summed E-state index contributed by atoms with van der Waals surface area (Å²) in [6, 6.07) is 2.16. The molecule has 0 spiro atoms. The van der Waals surface area contributed by atoms with Gasteiger partial charge in [0.25, 0.3) is 0 Å². The summed E-state index contributed by atoms with van der Waals surface area (Å²) < 4.78 is 5.24. The molecule has 1 heterocycles. The molecule has 0 bridgehead atoms. The zero-order valence-electron chi connectivity index (χ0n) is 16.6. The summed E-state index contributed by atoms with van der Waals surface area (Å²) >= 11 is 0. The molecule has 7 heteroatoms. The van der Waals surface area contributed by atoms with Gasteiger partial charge in [-0.1, -0.05) is 12.8 Å². The summed E-state index contributed by atoms with van der Waals surface area (Å²) in [6.45, 7) is 6.28. The van der Waals surface area contributed by atoms with E-state index in [1.54, 1.807) is 7.11 Å². The first-order valence-corrected chi connectivity index (χ1v) is 10.2. The molecule has 1 unspecified atom stereocenters. The Morgan fingerprint density at radius 3 is 2.58 bits per heavy atom. The first kappa shape index (κ1) is 22.2. The molecular formula is C19H38IN5O. The van der Waals surface area contributed by atoms with Gasteiger partial charge < -0.3 is 15.4 Å². The van der Waals surface area contributed by atoms with Gasteiger partial charge in [0.15, 0.2) is 5.96 Å². The highest BCUT2D eigenvalue weighted by Crippen LogP contribution is 2.27. The van der Waals surface area contributed by atoms with Crippen LogP contribution in [0.4, 0.5) is 0 Å². The number of nitrogens with zero attached hydrogens (tertiary/aromatic N) is 3. The third kappa shape index (κ3) is 6.80. The minimum absolute atomic E-state index is 0. The fraction of sp³-hybridized carbons (Fsp3) is 0.947. The predicted octanol–water partition coefficient (Wildman–Crippen LogP) is 1.90. The van der Waals surface area contributed by atoms with Crippen LogP contribution in [-0.4, -0.2) is 87.4 Å². The van der Waals surface area contributed by atoms with E-state index >= 15 is 0 Å². The molecule has 3 fully saturated rings. The van der Waals surface area contributed by atoms with E-state index in [0.29, 0.717) is 6.04 Å². The number of nitrogens with one attached hydrogen (secondary N) is 2. The molecule has 0 aromatic heterocycles. The zero-order valence-corrected chi connectivity index (χ0v) is 18.9. The lowest BCUT2D eigenvalue weighted by molar-refractivity contribution is 0.144. The van der Waals surface area contributed by atoms with Crippen LogP contribution in [0.5, 0.6) is 0 Å². The van der Waals surface area contributed by atoms with Crippen molar-refractivity contribution in [3.63, 3.8) is 0 Å². The standard InChI is InChI=1S/C19H37N5O.HI/c1-20-19(21-10-12-23(13-14-25-2)18-7-8-18)22-16-9-11-24(15-16)17-5-3-4-6-17;/h16-18H,3-15H2,1-2H3,(H2,20,21,22);1H. The highest BCUT2D eigenvalue weighted by Gasteiger charge is 2.30. The molecule has 152 valence electrons. The molecule has 0 aromatic rings. The third-order valence-electron chi connectivity index (χ3n) is 5.96. The average molecular weight is 479 g/mol. The largest absolute Gasteiger partial charge is 0.383 e. The normalized spacial score (nSPS) is 24.9. The van der Waals surface area contributed by atoms with Gasteiger partial charge in [-0.2, -0.15) is 0 Å². The van der Waals surface area contributed by atoms with E-state index in [9.17, 15) is 0 Å². The fourth-order valence-corrected chi connectivity index (χ4v) is 4.34. The molecule has 2 aliphatic carbocycles. The highest BCUT2D eigenvalue weighted by molar-refractivity contribution is 14.0. The second-order valence-corrected chi connectivity index (χ2v) is 7.82. The van der Waals surface area contributed by atoms with E-state index in [1.807, 2.05) is 7.05 Å². The number of likely N-dealkylation sites (tertiary alicyclic amines) is 1. The van der Waals surface area contributed by atoms with E-state index in [-0.39, 0.29) is 24.0 Å². The molecular weight excluding hydrogens is 441 g/mol. The average Bonchev–Trinajstić information content (AvgIpc) is 3.12. The molecule has 3 aliphatic rings. The van der Waals surface area contributed by atoms with Crippen LogP contribution < -0.4 is 10.6 Å². The maximum Gasteiger partial charge on any atom is 0.191 e. The van der Waals surface area contributed by atoms with Crippen molar-refractivity contribution in [2.75, 3.05) is 53.5 Å². The Bertz CT molecular complexity index is 426. The minimum atomic E-state index is 0. The summed E-state index contributed by atoms with van der Waals surface area (Å²) in [4.78, 5) is 9.66. The maximum absolute atomic E-state index is 5.24. The van der Waals surface area contributed by atoms with Gasteiger partial charge in [-0.05, 0) is 32.1 Å². The van der Waals surface area contributed by atoms with Crippen LogP contribution in [0.3, 0.4) is 0 Å². The molecule has 26 heavy (non-hydrogen) atoms. The minimum Gasteiger partial charge on any atom is -0.383 e. The Balaban J connectivity index is 0.00000243. The Kier molecular flexibility index (Phi) is 9.94. The lowest BCUT2D eigenvalue weighted by Crippen LogP contribution is -2.47. The van der Waals surface area contributed by atoms with Crippen molar-refractivity contribution in [3.8, 4) is 0 Å². The van der Waals surface area contributed by atoms with Crippen LogP contribution in [0.15, 0.2) is 4.99 Å². The van der Waals surface area contributed by atoms with Crippen molar-refractivity contribution in [1.82, 2.24) is 20.4 Å². The molecule has 6 nitrogen and oxygen atoms in total. The van der Waals surface area contributed by atoms with Crippen molar-refractivity contribution in [2.45, 2.75) is 63.1 Å². The van der Waals surface area contributed by atoms with Gasteiger partial charge in [0.05, 0.1) is 6.61 Å². The van der Waals surface area contributed by atoms with E-state index < -0.39 is 0 Å². The molecule has 1 atom stereocenters. The summed E-state index contributed by atoms with van der Waals surface area (Å²) in [5.41, 5.74) is 0. The topological polar surface area (TPSA) is 52.1 Å². The molecule has 0 amide bonds. The predicted molar refractivity (Wildman–Crippen MR) is 119 cm³/mol. The first-order valence-electron chi connectivity index (χ1n) is 10.2. The van der Waals surface area contributed by atoms with Crippen LogP contribution in [0.1, 0.15) is 44.9 Å². The summed E-state index contributed by atoms with van der Waals surface area (Å²) in [5, 5.41) is 7.14. The number of ether oxygens (including phenoxy) is 1. The smallest absolute Gasteiger partial charge is 0.191 e. The Hall–Kier alpha value is -0.120. The van der Waals surface area contributed by atoms with Crippen LogP contribution in [0.25, 0.3) is 0 Å². The molecule has 1 aliphatic heterocycles. The van der Waals surface area contributed by atoms with Gasteiger partial charge in [0.1, 0.15) is 0 Å². The van der Waals surface area contributed by atoms with Crippen molar-refractivity contribution >= 4 is 29.9 Å². The summed E-state index contributed by atoms with van der Waals surface area (Å²) in [6.07, 6.45) is 9.56. The Morgan fingerprint density at radius 1 is 1.15 bits per heavy atom. The van der Waals surface area contributed by atoms with Crippen LogP contribution in [0.2, 0.25) is 0 Å². The highest BCUT2D eigenvalue weighted by atomic mass is 127. The molecule has 0 radical (unpaired) electrons. The number of guanidine groups is 1. The number of hydrogen-bond acceptors (Lipinski definition) is 4. The van der Waals surface area contributed by atoms with Gasteiger partial charge in [-0.15, -0.1) is 24.0 Å². The van der Waals surface area contributed by atoms with E-state index in [4.69, 9.17) is 4.74 Å². The summed E-state index contributed by atoms with van der Waals surface area (Å²) in [5.74, 6) is 0.959. The van der Waals surface area contributed by atoms with Crippen LogP contribution >= 0.6 is 24.0 Å². The van der Waals surface area contributed by atoms with Gasteiger partial charge in [-0.25, -0.2) is 0 Å². The number of rotatable bonds is 9. The first-order chi connectivity index (χ1) is 12.3. The molecule has 3 rings (SSSR count). The molecule has 2 N–H and O–H groups in total. The monoisotopic (exact) mass is 479 g/mol. The van der Waals surface area contributed by atoms with Crippen LogP contribution in [-0.2, 0) is 4.74 Å². The van der Waals surface area contributed by atoms with Gasteiger partial charge in [-0.3, -0.25) is 14.8 Å². The number of halogens is 1. The van der Waals surface area contributed by atoms with E-state index in [1.165, 1.54) is 58.0 Å². The second kappa shape index (κ2) is 11.7. The van der Waals surface area contributed by atoms with Gasteiger partial charge in [0.2, 0.25) is 0 Å². The number of methoxy groups -OCH3 is 1. The number of aliphatic imine (C=N–C) groups is 1. The molecule has 1 saturated heterocycles. The fourth-order valence-electron chi connectivity index (χ4n) is 4.34. The summed E-state index contributed by atoms with van der Waals surface area (Å²) in [7, 11) is 3.66. The molecule has 2 saturated carbocycles. The van der Waals surface area contributed by atoms with Crippen molar-refractivity contribution in [1.29, 1.82) is 0 Å². The third-order valence-corrected chi connectivity index (χ3v) is 5.96. The lowest BCUT2D eigenvalue weighted by Gasteiger charge is -2.25. The van der Waals surface area contributed by atoms with Crippen molar-refractivity contribution in [2.24, 2.45) is 4.99 Å². The Labute approximate surface area is 176 Å². The maximum atomic E-state index is 5.24. The van der Waals surface area contributed by atoms with Gasteiger partial charge in [0, 0.05) is 65.0 Å². The van der Waals surface area contributed by atoms with E-state index in [2.05, 4.69) is 25.4 Å². The lowest BCUT2D eigenvalue weighted by atomic mass is 10.2. The molecule has 0 aromatic carbocycles. The van der Waals surface area contributed by atoms with Crippen LogP contribution in [0, 0.1) is 0 Å². The number of hydrogen-bond donors (Lipinski definition) is 2. The van der Waals surface area contributed by atoms with Crippen molar-refractivity contribution in [3.05, 3.63) is 0 Å². The SMILES string of the molecule is CN=C(NCCN(CCOC)C1CC1)NC1CCN(C2CCCC2)C1.I. The quantitative estimate of drug-likeness (QED) is 0.301. The van der Waals surface area contributed by atoms with E-state index in [0.717, 1.165) is 44.3 Å².